The van der Waals surface area contributed by atoms with Crippen molar-refractivity contribution in [2.24, 2.45) is 0 Å². The predicted molar refractivity (Wildman–Crippen MR) is 119 cm³/mol. The lowest BCUT2D eigenvalue weighted by Crippen LogP contribution is -2.45. The number of hydrogen-bond donors (Lipinski definition) is 0. The van der Waals surface area contributed by atoms with Crippen molar-refractivity contribution in [3.05, 3.63) is 29.6 Å². The molecular weight excluding hydrogens is 389 g/mol. The second-order valence-corrected chi connectivity index (χ2v) is 12.3. The normalized spacial score (nSPS) is 20.8. The van der Waals surface area contributed by atoms with Gasteiger partial charge < -0.3 is 9.64 Å². The van der Waals surface area contributed by atoms with Gasteiger partial charge in [-0.3, -0.25) is 0 Å². The molecule has 1 aromatic carbocycles. The summed E-state index contributed by atoms with van der Waals surface area (Å²) in [4.78, 5) is 2.07. The molecule has 0 radical (unpaired) electrons. The summed E-state index contributed by atoms with van der Waals surface area (Å²) in [6.07, 6.45) is 5.77. The van der Waals surface area contributed by atoms with Crippen LogP contribution in [0.15, 0.2) is 18.2 Å². The number of rotatable bonds is 9. The number of aryl methyl sites for hydroxylation is 1. The Labute approximate surface area is 176 Å². The molecule has 1 saturated heterocycles. The molecule has 29 heavy (non-hydrogen) atoms. The van der Waals surface area contributed by atoms with Gasteiger partial charge in [0.1, 0.15) is 5.82 Å². The number of anilines is 1. The maximum absolute atomic E-state index is 14.6. The van der Waals surface area contributed by atoms with Gasteiger partial charge in [0.2, 0.25) is 0 Å². The number of unbranched alkanes of at least 4 members (excludes halogenated alkanes) is 4. The summed E-state index contributed by atoms with van der Waals surface area (Å²) in [5.41, 5.74) is 1.69. The van der Waals surface area contributed by atoms with Gasteiger partial charge in [-0.2, -0.15) is 0 Å². The minimum Gasteiger partial charge on any atom is -0.372 e. The fourth-order valence-corrected chi connectivity index (χ4v) is 4.99. The van der Waals surface area contributed by atoms with Crippen molar-refractivity contribution in [2.75, 3.05) is 23.7 Å². The van der Waals surface area contributed by atoms with Gasteiger partial charge in [-0.1, -0.05) is 25.3 Å². The molecule has 0 aromatic heterocycles. The van der Waals surface area contributed by atoms with E-state index in [-0.39, 0.29) is 23.8 Å². The Morgan fingerprint density at radius 3 is 2.21 bits per heavy atom. The summed E-state index contributed by atoms with van der Waals surface area (Å²) in [5.74, 6) is 0.110. The minimum atomic E-state index is -3.01. The predicted octanol–water partition coefficient (Wildman–Crippen LogP) is 5.15. The number of nitrogens with zero attached hydrogens (tertiary/aromatic N) is 1. The number of benzene rings is 1. The highest BCUT2D eigenvalue weighted by Crippen LogP contribution is 2.25. The maximum Gasteiger partial charge on any atom is 0.155 e. The molecule has 1 aliphatic rings. The smallest absolute Gasteiger partial charge is 0.155 e. The summed E-state index contributed by atoms with van der Waals surface area (Å²) in [7, 11) is -3.01. The van der Waals surface area contributed by atoms with Gasteiger partial charge in [0.05, 0.1) is 28.4 Å². The van der Waals surface area contributed by atoms with E-state index < -0.39 is 14.6 Å². The van der Waals surface area contributed by atoms with Crippen LogP contribution in [0.3, 0.4) is 0 Å². The molecule has 0 amide bonds. The van der Waals surface area contributed by atoms with Crippen LogP contribution in [-0.4, -0.2) is 44.2 Å². The van der Waals surface area contributed by atoms with E-state index in [1.807, 2.05) is 26.0 Å². The molecule has 6 heteroatoms. The first-order valence-corrected chi connectivity index (χ1v) is 12.6. The van der Waals surface area contributed by atoms with Crippen LogP contribution in [0.5, 0.6) is 0 Å². The molecule has 2 rings (SSSR count). The Morgan fingerprint density at radius 2 is 1.62 bits per heavy atom. The van der Waals surface area contributed by atoms with Crippen LogP contribution in [0.2, 0.25) is 0 Å². The van der Waals surface area contributed by atoms with Crippen LogP contribution in [0.1, 0.15) is 72.3 Å². The molecule has 166 valence electrons. The lowest BCUT2D eigenvalue weighted by Gasteiger charge is -2.37. The third-order valence-electron chi connectivity index (χ3n) is 5.58. The van der Waals surface area contributed by atoms with Crippen molar-refractivity contribution in [1.29, 1.82) is 0 Å². The fraction of sp³-hybridized carbons (Fsp3) is 0.739. The summed E-state index contributed by atoms with van der Waals surface area (Å²) in [5, 5.41) is 0. The molecule has 1 heterocycles. The Balaban J connectivity index is 1.72. The fourth-order valence-electron chi connectivity index (χ4n) is 3.79. The lowest BCUT2D eigenvalue weighted by atomic mass is 10.0. The second kappa shape index (κ2) is 10.3. The van der Waals surface area contributed by atoms with Crippen molar-refractivity contribution in [1.82, 2.24) is 0 Å². The Bertz CT molecular complexity index is 748. The number of morpholine rings is 1. The number of halogens is 1. The first kappa shape index (κ1) is 24.1. The summed E-state index contributed by atoms with van der Waals surface area (Å²) < 4.78 is 43.9. The van der Waals surface area contributed by atoms with E-state index in [0.717, 1.165) is 44.1 Å². The van der Waals surface area contributed by atoms with Crippen molar-refractivity contribution in [3.8, 4) is 0 Å². The Kier molecular flexibility index (Phi) is 8.53. The number of ether oxygens (including phenoxy) is 1. The van der Waals surface area contributed by atoms with Gasteiger partial charge in [0.25, 0.3) is 0 Å². The largest absolute Gasteiger partial charge is 0.372 e. The number of sulfone groups is 1. The molecule has 4 nitrogen and oxygen atoms in total. The lowest BCUT2D eigenvalue weighted by molar-refractivity contribution is -0.00539. The number of hydrogen-bond acceptors (Lipinski definition) is 4. The van der Waals surface area contributed by atoms with E-state index >= 15 is 0 Å². The summed E-state index contributed by atoms with van der Waals surface area (Å²) in [6.45, 7) is 10.7. The quantitative estimate of drug-likeness (QED) is 0.512. The van der Waals surface area contributed by atoms with Crippen molar-refractivity contribution in [2.45, 2.75) is 90.1 Å². The van der Waals surface area contributed by atoms with E-state index in [1.165, 1.54) is 0 Å². The summed E-state index contributed by atoms with van der Waals surface area (Å²) in [6, 6.07) is 5.59. The van der Waals surface area contributed by atoms with Gasteiger partial charge in [0, 0.05) is 13.1 Å². The topological polar surface area (TPSA) is 46.6 Å². The van der Waals surface area contributed by atoms with Gasteiger partial charge >= 0.3 is 0 Å². The third kappa shape index (κ3) is 7.25. The molecule has 0 bridgehead atoms. The average molecular weight is 428 g/mol. The Morgan fingerprint density at radius 1 is 1.03 bits per heavy atom. The SMILES string of the molecule is C[C@@H]1CN(c2ccc(CCCCCCCS(=O)(=O)C(C)(C)C)cc2F)C[C@H](C)O1. The van der Waals surface area contributed by atoms with Gasteiger partial charge in [-0.05, 0) is 71.6 Å². The molecule has 0 spiro atoms. The van der Waals surface area contributed by atoms with Crippen molar-refractivity contribution in [3.63, 3.8) is 0 Å². The molecular formula is C23H38FNO3S. The maximum atomic E-state index is 14.6. The third-order valence-corrected chi connectivity index (χ3v) is 8.28. The van der Waals surface area contributed by atoms with E-state index in [0.29, 0.717) is 18.8 Å². The highest BCUT2D eigenvalue weighted by atomic mass is 32.2. The van der Waals surface area contributed by atoms with Crippen LogP contribution in [-0.2, 0) is 21.0 Å². The van der Waals surface area contributed by atoms with Crippen LogP contribution in [0.4, 0.5) is 10.1 Å². The summed E-state index contributed by atoms with van der Waals surface area (Å²) >= 11 is 0. The molecule has 0 aliphatic carbocycles. The molecule has 0 N–H and O–H groups in total. The zero-order valence-electron chi connectivity index (χ0n) is 18.7. The van der Waals surface area contributed by atoms with Crippen molar-refractivity contribution >= 4 is 15.5 Å². The minimum absolute atomic E-state index is 0.108. The highest BCUT2D eigenvalue weighted by molar-refractivity contribution is 7.92. The highest BCUT2D eigenvalue weighted by Gasteiger charge is 2.28. The zero-order chi connectivity index (χ0) is 21.7. The first-order valence-electron chi connectivity index (χ1n) is 10.9. The van der Waals surface area contributed by atoms with Crippen LogP contribution in [0.25, 0.3) is 0 Å². The van der Waals surface area contributed by atoms with E-state index in [4.69, 9.17) is 4.74 Å². The molecule has 1 aromatic rings. The van der Waals surface area contributed by atoms with E-state index in [1.54, 1.807) is 26.8 Å². The first-order chi connectivity index (χ1) is 13.5. The van der Waals surface area contributed by atoms with Gasteiger partial charge in [-0.15, -0.1) is 0 Å². The monoisotopic (exact) mass is 427 g/mol. The molecule has 0 saturated carbocycles. The van der Waals surface area contributed by atoms with E-state index in [9.17, 15) is 12.8 Å². The van der Waals surface area contributed by atoms with E-state index in [2.05, 4.69) is 4.90 Å². The van der Waals surface area contributed by atoms with Crippen LogP contribution < -0.4 is 4.90 Å². The van der Waals surface area contributed by atoms with Crippen LogP contribution >= 0.6 is 0 Å². The Hall–Kier alpha value is -1.14. The van der Waals surface area contributed by atoms with Crippen LogP contribution in [0, 0.1) is 5.82 Å². The zero-order valence-corrected chi connectivity index (χ0v) is 19.5. The van der Waals surface area contributed by atoms with Gasteiger partial charge in [-0.25, -0.2) is 12.8 Å². The van der Waals surface area contributed by atoms with Gasteiger partial charge in [0.15, 0.2) is 9.84 Å². The molecule has 1 aliphatic heterocycles. The molecule has 2 atom stereocenters. The van der Waals surface area contributed by atoms with Crippen molar-refractivity contribution < 1.29 is 17.5 Å². The standard InChI is InChI=1S/C23H38FNO3S/c1-18-16-25(17-19(2)28-18)22-13-12-20(15-21(22)24)11-9-7-6-8-10-14-29(26,27)23(3,4)5/h12-13,15,18-19H,6-11,14,16-17H2,1-5H3/t18-,19+. The molecule has 0 unspecified atom stereocenters. The average Bonchev–Trinajstić information content (AvgIpc) is 2.59. The molecule has 1 fully saturated rings. The second-order valence-electron chi connectivity index (χ2n) is 9.40.